The third-order valence-electron chi connectivity index (χ3n) is 3.02. The molecule has 0 aliphatic carbocycles. The minimum absolute atomic E-state index is 0.00122. The number of carbonyl (C=O) groups is 1. The lowest BCUT2D eigenvalue weighted by Gasteiger charge is -2.06. The Hall–Kier alpha value is -1.74. The molecule has 0 saturated heterocycles. The van der Waals surface area contributed by atoms with E-state index in [2.05, 4.69) is 24.4 Å². The molecular formula is C17H19NOS. The summed E-state index contributed by atoms with van der Waals surface area (Å²) in [7, 11) is 0. The standard InChI is InChI=1S/C17H19NOS/c1-2-14-8-10-15(11-9-14)17(19)18-12-13-20-16-6-4-3-5-7-16/h3-11H,2,12-13H2,1H3,(H,18,19). The average molecular weight is 285 g/mol. The van der Waals surface area contributed by atoms with E-state index in [1.807, 2.05) is 42.5 Å². The van der Waals surface area contributed by atoms with Crippen molar-refractivity contribution in [3.63, 3.8) is 0 Å². The molecule has 2 aromatic carbocycles. The van der Waals surface area contributed by atoms with E-state index in [9.17, 15) is 4.79 Å². The number of aryl methyl sites for hydroxylation is 1. The minimum atomic E-state index is 0.00122. The lowest BCUT2D eigenvalue weighted by Crippen LogP contribution is -2.25. The Morgan fingerprint density at radius 2 is 1.75 bits per heavy atom. The van der Waals surface area contributed by atoms with Gasteiger partial charge in [0.15, 0.2) is 0 Å². The summed E-state index contributed by atoms with van der Waals surface area (Å²) in [5, 5.41) is 2.95. The van der Waals surface area contributed by atoms with Crippen molar-refractivity contribution >= 4 is 17.7 Å². The maximum absolute atomic E-state index is 11.9. The Kier molecular flexibility index (Phi) is 5.69. The lowest BCUT2D eigenvalue weighted by molar-refractivity contribution is 0.0956. The summed E-state index contributed by atoms with van der Waals surface area (Å²) in [6.07, 6.45) is 0.996. The molecule has 0 radical (unpaired) electrons. The van der Waals surface area contributed by atoms with E-state index in [-0.39, 0.29) is 5.91 Å². The summed E-state index contributed by atoms with van der Waals surface area (Å²) in [4.78, 5) is 13.2. The van der Waals surface area contributed by atoms with Crippen LogP contribution in [0.2, 0.25) is 0 Å². The second kappa shape index (κ2) is 7.75. The Balaban J connectivity index is 1.74. The molecule has 0 unspecified atom stereocenters. The molecule has 0 spiro atoms. The first-order valence-electron chi connectivity index (χ1n) is 6.84. The number of amides is 1. The van der Waals surface area contributed by atoms with Crippen LogP contribution >= 0.6 is 11.8 Å². The summed E-state index contributed by atoms with van der Waals surface area (Å²) in [6, 6.07) is 18.0. The van der Waals surface area contributed by atoms with Crippen molar-refractivity contribution in [3.05, 3.63) is 65.7 Å². The summed E-state index contributed by atoms with van der Waals surface area (Å²) < 4.78 is 0. The van der Waals surface area contributed by atoms with Gasteiger partial charge in [0.25, 0.3) is 5.91 Å². The molecule has 0 aliphatic heterocycles. The summed E-state index contributed by atoms with van der Waals surface area (Å²) >= 11 is 1.75. The van der Waals surface area contributed by atoms with Gasteiger partial charge in [-0.25, -0.2) is 0 Å². The molecule has 0 atom stereocenters. The number of hydrogen-bond donors (Lipinski definition) is 1. The molecule has 3 heteroatoms. The highest BCUT2D eigenvalue weighted by Gasteiger charge is 2.04. The first kappa shape index (κ1) is 14.7. The van der Waals surface area contributed by atoms with Crippen molar-refractivity contribution in [2.24, 2.45) is 0 Å². The maximum Gasteiger partial charge on any atom is 0.251 e. The SMILES string of the molecule is CCc1ccc(C(=O)NCCSc2ccccc2)cc1. The number of nitrogens with one attached hydrogen (secondary N) is 1. The van der Waals surface area contributed by atoms with Crippen LogP contribution in [0, 0.1) is 0 Å². The monoisotopic (exact) mass is 285 g/mol. The second-order valence-corrected chi connectivity index (χ2v) is 5.64. The van der Waals surface area contributed by atoms with E-state index < -0.39 is 0 Å². The van der Waals surface area contributed by atoms with Crippen LogP contribution in [-0.4, -0.2) is 18.2 Å². The van der Waals surface area contributed by atoms with E-state index in [1.54, 1.807) is 11.8 Å². The third kappa shape index (κ3) is 4.42. The zero-order valence-corrected chi connectivity index (χ0v) is 12.5. The molecule has 1 N–H and O–H groups in total. The molecule has 0 aromatic heterocycles. The van der Waals surface area contributed by atoms with Crippen molar-refractivity contribution in [1.82, 2.24) is 5.32 Å². The van der Waals surface area contributed by atoms with Crippen LogP contribution in [0.15, 0.2) is 59.5 Å². The molecule has 104 valence electrons. The van der Waals surface area contributed by atoms with Gasteiger partial charge in [0.2, 0.25) is 0 Å². The Morgan fingerprint density at radius 3 is 2.40 bits per heavy atom. The Labute approximate surface area is 124 Å². The number of hydrogen-bond acceptors (Lipinski definition) is 2. The fourth-order valence-electron chi connectivity index (χ4n) is 1.84. The van der Waals surface area contributed by atoms with E-state index in [0.29, 0.717) is 6.54 Å². The van der Waals surface area contributed by atoms with Gasteiger partial charge in [0, 0.05) is 22.8 Å². The van der Waals surface area contributed by atoms with Gasteiger partial charge >= 0.3 is 0 Å². The molecule has 2 aromatic rings. The zero-order chi connectivity index (χ0) is 14.2. The van der Waals surface area contributed by atoms with Crippen LogP contribution in [0.1, 0.15) is 22.8 Å². The quantitative estimate of drug-likeness (QED) is 0.646. The van der Waals surface area contributed by atoms with Crippen LogP contribution in [-0.2, 0) is 6.42 Å². The normalized spacial score (nSPS) is 10.2. The van der Waals surface area contributed by atoms with Crippen molar-refractivity contribution in [2.45, 2.75) is 18.2 Å². The van der Waals surface area contributed by atoms with Crippen LogP contribution in [0.3, 0.4) is 0 Å². The second-order valence-electron chi connectivity index (χ2n) is 4.47. The summed E-state index contributed by atoms with van der Waals surface area (Å²) in [6.45, 7) is 2.78. The van der Waals surface area contributed by atoms with Crippen molar-refractivity contribution in [2.75, 3.05) is 12.3 Å². The maximum atomic E-state index is 11.9. The van der Waals surface area contributed by atoms with Crippen LogP contribution in [0.5, 0.6) is 0 Å². The van der Waals surface area contributed by atoms with E-state index in [4.69, 9.17) is 0 Å². The average Bonchev–Trinajstić information content (AvgIpc) is 2.52. The fraction of sp³-hybridized carbons (Fsp3) is 0.235. The van der Waals surface area contributed by atoms with Gasteiger partial charge in [-0.05, 0) is 36.2 Å². The van der Waals surface area contributed by atoms with E-state index >= 15 is 0 Å². The minimum Gasteiger partial charge on any atom is -0.351 e. The number of carbonyl (C=O) groups excluding carboxylic acids is 1. The van der Waals surface area contributed by atoms with Gasteiger partial charge in [-0.3, -0.25) is 4.79 Å². The van der Waals surface area contributed by atoms with Crippen LogP contribution in [0.4, 0.5) is 0 Å². The van der Waals surface area contributed by atoms with E-state index in [0.717, 1.165) is 17.7 Å². The highest BCUT2D eigenvalue weighted by Crippen LogP contribution is 2.15. The van der Waals surface area contributed by atoms with Crippen molar-refractivity contribution in [3.8, 4) is 0 Å². The topological polar surface area (TPSA) is 29.1 Å². The van der Waals surface area contributed by atoms with Gasteiger partial charge in [-0.2, -0.15) is 0 Å². The first-order chi connectivity index (χ1) is 9.79. The summed E-state index contributed by atoms with van der Waals surface area (Å²) in [5.74, 6) is 0.879. The smallest absolute Gasteiger partial charge is 0.251 e. The Bertz CT molecular complexity index is 537. The van der Waals surface area contributed by atoms with Gasteiger partial charge in [0.1, 0.15) is 0 Å². The molecule has 0 fully saturated rings. The largest absolute Gasteiger partial charge is 0.351 e. The number of thioether (sulfide) groups is 1. The fourth-order valence-corrected chi connectivity index (χ4v) is 2.63. The lowest BCUT2D eigenvalue weighted by atomic mass is 10.1. The van der Waals surface area contributed by atoms with Gasteiger partial charge in [0.05, 0.1) is 0 Å². The third-order valence-corrected chi connectivity index (χ3v) is 4.04. The van der Waals surface area contributed by atoms with Crippen molar-refractivity contribution < 1.29 is 4.79 Å². The van der Waals surface area contributed by atoms with Gasteiger partial charge in [-0.1, -0.05) is 37.3 Å². The molecular weight excluding hydrogens is 266 g/mol. The molecule has 0 heterocycles. The first-order valence-corrected chi connectivity index (χ1v) is 7.83. The van der Waals surface area contributed by atoms with Crippen molar-refractivity contribution in [1.29, 1.82) is 0 Å². The Morgan fingerprint density at radius 1 is 1.05 bits per heavy atom. The number of benzene rings is 2. The predicted molar refractivity (Wildman–Crippen MR) is 85.3 cm³/mol. The zero-order valence-electron chi connectivity index (χ0n) is 11.6. The van der Waals surface area contributed by atoms with E-state index in [1.165, 1.54) is 10.5 Å². The van der Waals surface area contributed by atoms with Gasteiger partial charge < -0.3 is 5.32 Å². The predicted octanol–water partition coefficient (Wildman–Crippen LogP) is 3.77. The molecule has 0 saturated carbocycles. The van der Waals surface area contributed by atoms with Gasteiger partial charge in [-0.15, -0.1) is 11.8 Å². The molecule has 0 aliphatic rings. The summed E-state index contributed by atoms with van der Waals surface area (Å²) in [5.41, 5.74) is 1.98. The number of rotatable bonds is 6. The highest BCUT2D eigenvalue weighted by atomic mass is 32.2. The van der Waals surface area contributed by atoms with Crippen LogP contribution in [0.25, 0.3) is 0 Å². The van der Waals surface area contributed by atoms with Crippen LogP contribution < -0.4 is 5.32 Å². The molecule has 1 amide bonds. The molecule has 0 bridgehead atoms. The molecule has 2 rings (SSSR count). The highest BCUT2D eigenvalue weighted by molar-refractivity contribution is 7.99. The molecule has 20 heavy (non-hydrogen) atoms. The molecule has 2 nitrogen and oxygen atoms in total.